The zero-order valence-corrected chi connectivity index (χ0v) is 15.3. The number of anilines is 1. The van der Waals surface area contributed by atoms with E-state index >= 15 is 0 Å². The average Bonchev–Trinajstić information content (AvgIpc) is 3.13. The minimum Gasteiger partial charge on any atom is -0.497 e. The summed E-state index contributed by atoms with van der Waals surface area (Å²) in [4.78, 5) is 16.4. The highest BCUT2D eigenvalue weighted by atomic mass is 35.5. The van der Waals surface area contributed by atoms with Gasteiger partial charge in [-0.15, -0.1) is 0 Å². The predicted octanol–water partition coefficient (Wildman–Crippen LogP) is 4.62. The second-order valence-corrected chi connectivity index (χ2v) is 6.18. The molecule has 3 aromatic rings. The second-order valence-electron chi connectivity index (χ2n) is 5.39. The van der Waals surface area contributed by atoms with Crippen LogP contribution < -0.4 is 10.1 Å². The molecule has 26 heavy (non-hydrogen) atoms. The summed E-state index contributed by atoms with van der Waals surface area (Å²) in [6.45, 7) is 0. The number of halogens is 2. The number of ether oxygens (including phenoxy) is 1. The highest BCUT2D eigenvalue weighted by Gasteiger charge is 2.13. The first-order valence-electron chi connectivity index (χ1n) is 7.77. The molecule has 1 amide bonds. The molecule has 0 bridgehead atoms. The zero-order chi connectivity index (χ0) is 18.5. The number of nitrogens with one attached hydrogen (secondary N) is 1. The number of benzene rings is 2. The summed E-state index contributed by atoms with van der Waals surface area (Å²) in [6.07, 6.45) is 0.476. The van der Waals surface area contributed by atoms with Gasteiger partial charge in [0.05, 0.1) is 22.8 Å². The van der Waals surface area contributed by atoms with Crippen molar-refractivity contribution >= 4 is 34.8 Å². The van der Waals surface area contributed by atoms with Gasteiger partial charge in [-0.3, -0.25) is 4.79 Å². The fraction of sp³-hybridized carbons (Fsp3) is 0.167. The Bertz CT molecular complexity index is 928. The van der Waals surface area contributed by atoms with E-state index in [0.717, 1.165) is 5.56 Å². The van der Waals surface area contributed by atoms with Crippen molar-refractivity contribution in [3.05, 3.63) is 58.4 Å². The summed E-state index contributed by atoms with van der Waals surface area (Å²) in [6, 6.07) is 12.4. The molecule has 0 saturated heterocycles. The van der Waals surface area contributed by atoms with Crippen LogP contribution in [0.4, 0.5) is 5.69 Å². The molecule has 3 rings (SSSR count). The summed E-state index contributed by atoms with van der Waals surface area (Å²) >= 11 is 12.0. The van der Waals surface area contributed by atoms with Gasteiger partial charge >= 0.3 is 0 Å². The number of aromatic nitrogens is 2. The van der Waals surface area contributed by atoms with Crippen LogP contribution in [0.15, 0.2) is 47.0 Å². The van der Waals surface area contributed by atoms with E-state index in [9.17, 15) is 4.79 Å². The molecular formula is C18H15Cl2N3O3. The van der Waals surface area contributed by atoms with Gasteiger partial charge in [0.25, 0.3) is 0 Å². The minimum atomic E-state index is -0.227. The van der Waals surface area contributed by atoms with Crippen molar-refractivity contribution in [1.29, 1.82) is 0 Å². The topological polar surface area (TPSA) is 77.2 Å². The minimum absolute atomic E-state index is 0.169. The third-order valence-corrected chi connectivity index (χ3v) is 4.41. The van der Waals surface area contributed by atoms with Gasteiger partial charge in [0, 0.05) is 18.4 Å². The maximum absolute atomic E-state index is 12.1. The van der Waals surface area contributed by atoms with Crippen LogP contribution in [0.1, 0.15) is 12.3 Å². The maximum atomic E-state index is 12.1. The Labute approximate surface area is 160 Å². The van der Waals surface area contributed by atoms with E-state index in [1.165, 1.54) is 0 Å². The first-order chi connectivity index (χ1) is 12.6. The molecule has 134 valence electrons. The fourth-order valence-corrected chi connectivity index (χ4v) is 2.62. The van der Waals surface area contributed by atoms with Crippen molar-refractivity contribution < 1.29 is 14.1 Å². The normalized spacial score (nSPS) is 10.6. The molecule has 0 fully saturated rings. The molecular weight excluding hydrogens is 377 g/mol. The van der Waals surface area contributed by atoms with E-state index < -0.39 is 0 Å². The average molecular weight is 392 g/mol. The lowest BCUT2D eigenvalue weighted by Gasteiger charge is -2.07. The van der Waals surface area contributed by atoms with Crippen molar-refractivity contribution in [2.75, 3.05) is 12.4 Å². The van der Waals surface area contributed by atoms with Gasteiger partial charge in [-0.2, -0.15) is 4.98 Å². The quantitative estimate of drug-likeness (QED) is 0.662. The van der Waals surface area contributed by atoms with Gasteiger partial charge in [-0.1, -0.05) is 46.6 Å². The van der Waals surface area contributed by atoms with Gasteiger partial charge in [0.2, 0.25) is 17.6 Å². The molecule has 1 heterocycles. The highest BCUT2D eigenvalue weighted by Crippen LogP contribution is 2.29. The first-order valence-corrected chi connectivity index (χ1v) is 8.53. The van der Waals surface area contributed by atoms with Crippen LogP contribution in [0.3, 0.4) is 0 Å². The molecule has 2 aromatic carbocycles. The monoisotopic (exact) mass is 391 g/mol. The van der Waals surface area contributed by atoms with E-state index in [4.69, 9.17) is 32.5 Å². The number of hydrogen-bond donors (Lipinski definition) is 1. The number of aryl methyl sites for hydroxylation is 1. The third-order valence-electron chi connectivity index (χ3n) is 3.59. The van der Waals surface area contributed by atoms with E-state index in [1.807, 2.05) is 24.3 Å². The van der Waals surface area contributed by atoms with Crippen LogP contribution in [0, 0.1) is 0 Å². The molecule has 1 aromatic heterocycles. The zero-order valence-electron chi connectivity index (χ0n) is 13.8. The fourth-order valence-electron chi connectivity index (χ4n) is 2.27. The smallest absolute Gasteiger partial charge is 0.227 e. The molecule has 0 atom stereocenters. The van der Waals surface area contributed by atoms with E-state index in [-0.39, 0.29) is 12.3 Å². The lowest BCUT2D eigenvalue weighted by Crippen LogP contribution is -2.12. The second kappa shape index (κ2) is 8.21. The Kier molecular flexibility index (Phi) is 5.75. The summed E-state index contributed by atoms with van der Waals surface area (Å²) in [5, 5.41) is 7.34. The number of rotatable bonds is 6. The Hall–Kier alpha value is -2.57. The number of methoxy groups -OCH3 is 1. The molecule has 6 nitrogen and oxygen atoms in total. The van der Waals surface area contributed by atoms with Crippen LogP contribution in [0.5, 0.6) is 5.75 Å². The maximum Gasteiger partial charge on any atom is 0.227 e. The molecule has 0 aliphatic rings. The Morgan fingerprint density at radius 3 is 2.85 bits per heavy atom. The van der Waals surface area contributed by atoms with Crippen molar-refractivity contribution in [3.8, 4) is 17.1 Å². The van der Waals surface area contributed by atoms with Crippen molar-refractivity contribution in [2.24, 2.45) is 0 Å². The number of carbonyl (C=O) groups is 1. The van der Waals surface area contributed by atoms with E-state index in [1.54, 1.807) is 25.3 Å². The van der Waals surface area contributed by atoms with Crippen LogP contribution in [-0.2, 0) is 11.2 Å². The number of hydrogen-bond acceptors (Lipinski definition) is 5. The van der Waals surface area contributed by atoms with Crippen LogP contribution in [0.2, 0.25) is 10.0 Å². The summed E-state index contributed by atoms with van der Waals surface area (Å²) in [5.74, 6) is 1.29. The molecule has 1 N–H and O–H groups in total. The summed E-state index contributed by atoms with van der Waals surface area (Å²) in [5.41, 5.74) is 1.24. The summed E-state index contributed by atoms with van der Waals surface area (Å²) in [7, 11) is 1.59. The number of nitrogens with zero attached hydrogens (tertiary/aromatic N) is 2. The Balaban J connectivity index is 1.61. The number of carbonyl (C=O) groups excluding carboxylic acids is 1. The lowest BCUT2D eigenvalue weighted by molar-refractivity contribution is -0.116. The molecule has 0 saturated carbocycles. The molecule has 8 heteroatoms. The van der Waals surface area contributed by atoms with Crippen LogP contribution >= 0.6 is 23.2 Å². The highest BCUT2D eigenvalue weighted by molar-refractivity contribution is 6.43. The van der Waals surface area contributed by atoms with E-state index in [0.29, 0.717) is 39.6 Å². The van der Waals surface area contributed by atoms with Gasteiger partial charge in [-0.05, 0) is 24.3 Å². The van der Waals surface area contributed by atoms with Crippen LogP contribution in [0.25, 0.3) is 11.4 Å². The van der Waals surface area contributed by atoms with Gasteiger partial charge in [-0.25, -0.2) is 0 Å². The van der Waals surface area contributed by atoms with Crippen molar-refractivity contribution in [1.82, 2.24) is 10.1 Å². The van der Waals surface area contributed by atoms with Crippen molar-refractivity contribution in [3.63, 3.8) is 0 Å². The van der Waals surface area contributed by atoms with Gasteiger partial charge in [0.1, 0.15) is 5.75 Å². The predicted molar refractivity (Wildman–Crippen MR) is 99.7 cm³/mol. The third kappa shape index (κ3) is 4.33. The standard InChI is InChI=1S/C18H15Cl2N3O3/c1-25-12-5-2-4-11(10-12)18-22-16(26-23-18)9-8-15(24)21-14-7-3-6-13(19)17(14)20/h2-7,10H,8-9H2,1H3,(H,21,24). The van der Waals surface area contributed by atoms with Gasteiger partial charge in [0.15, 0.2) is 0 Å². The molecule has 0 radical (unpaired) electrons. The Morgan fingerprint density at radius 2 is 2.04 bits per heavy atom. The lowest BCUT2D eigenvalue weighted by atomic mass is 10.2. The van der Waals surface area contributed by atoms with Crippen LogP contribution in [-0.4, -0.2) is 23.2 Å². The molecule has 0 aliphatic heterocycles. The molecule has 0 aliphatic carbocycles. The SMILES string of the molecule is COc1cccc(-c2noc(CCC(=O)Nc3cccc(Cl)c3Cl)n2)c1. The van der Waals surface area contributed by atoms with Crippen molar-refractivity contribution in [2.45, 2.75) is 12.8 Å². The Morgan fingerprint density at radius 1 is 1.23 bits per heavy atom. The summed E-state index contributed by atoms with van der Waals surface area (Å²) < 4.78 is 10.4. The molecule has 0 unspecified atom stereocenters. The van der Waals surface area contributed by atoms with E-state index in [2.05, 4.69) is 15.5 Å². The molecule has 0 spiro atoms. The first kappa shape index (κ1) is 18.2. The largest absolute Gasteiger partial charge is 0.497 e. The van der Waals surface area contributed by atoms with Gasteiger partial charge < -0.3 is 14.6 Å². The number of amides is 1.